The van der Waals surface area contributed by atoms with Gasteiger partial charge in [0.2, 0.25) is 0 Å². The van der Waals surface area contributed by atoms with Crippen molar-refractivity contribution in [1.29, 1.82) is 0 Å². The van der Waals surface area contributed by atoms with Gasteiger partial charge in [0, 0.05) is 15.6 Å². The van der Waals surface area contributed by atoms with Crippen LogP contribution in [-0.2, 0) is 11.3 Å². The molecule has 1 aliphatic rings. The lowest BCUT2D eigenvalue weighted by atomic mass is 10.1. The second-order valence-electron chi connectivity index (χ2n) is 4.52. The number of hydrogen-bond donors (Lipinski definition) is 0. The molecule has 1 fully saturated rings. The van der Waals surface area contributed by atoms with Crippen LogP contribution in [0.1, 0.15) is 19.3 Å². The van der Waals surface area contributed by atoms with E-state index >= 15 is 0 Å². The zero-order chi connectivity index (χ0) is 11.7. The van der Waals surface area contributed by atoms with Gasteiger partial charge in [0.1, 0.15) is 0 Å². The molecule has 0 spiro atoms. The molecule has 0 N–H and O–H groups in total. The van der Waals surface area contributed by atoms with Crippen LogP contribution in [0.15, 0.2) is 24.4 Å². The van der Waals surface area contributed by atoms with Crippen molar-refractivity contribution in [3.8, 4) is 0 Å². The van der Waals surface area contributed by atoms with Gasteiger partial charge >= 0.3 is 0 Å². The summed E-state index contributed by atoms with van der Waals surface area (Å²) in [6, 6.07) is 6.43. The van der Waals surface area contributed by atoms with Gasteiger partial charge in [-0.2, -0.15) is 5.10 Å². The van der Waals surface area contributed by atoms with Crippen LogP contribution in [-0.4, -0.2) is 22.5 Å². The standard InChI is InChI=1S/C13H15IN2O/c14-11-5-4-10-8-15-16(13(10)7-11)9-12-3-1-2-6-17-12/h4-5,7-8,12H,1-3,6,9H2. The van der Waals surface area contributed by atoms with Crippen LogP contribution in [0.4, 0.5) is 0 Å². The smallest absolute Gasteiger partial charge is 0.0771 e. The molecule has 2 heterocycles. The summed E-state index contributed by atoms with van der Waals surface area (Å²) < 4.78 is 9.10. The summed E-state index contributed by atoms with van der Waals surface area (Å²) >= 11 is 2.34. The van der Waals surface area contributed by atoms with Crippen LogP contribution in [0.5, 0.6) is 0 Å². The fourth-order valence-corrected chi connectivity index (χ4v) is 2.81. The third-order valence-electron chi connectivity index (χ3n) is 3.26. The highest BCUT2D eigenvalue weighted by Gasteiger charge is 2.15. The first-order chi connectivity index (χ1) is 8.33. The number of halogens is 1. The lowest BCUT2D eigenvalue weighted by Gasteiger charge is -2.22. The summed E-state index contributed by atoms with van der Waals surface area (Å²) in [4.78, 5) is 0. The largest absolute Gasteiger partial charge is 0.376 e. The van der Waals surface area contributed by atoms with E-state index in [1.807, 2.05) is 6.20 Å². The van der Waals surface area contributed by atoms with E-state index in [-0.39, 0.29) is 0 Å². The van der Waals surface area contributed by atoms with Crippen molar-refractivity contribution in [2.45, 2.75) is 31.9 Å². The number of ether oxygens (including phenoxy) is 1. The van der Waals surface area contributed by atoms with Crippen molar-refractivity contribution in [2.24, 2.45) is 0 Å². The Morgan fingerprint density at radius 2 is 2.35 bits per heavy atom. The molecule has 0 amide bonds. The van der Waals surface area contributed by atoms with Crippen molar-refractivity contribution < 1.29 is 4.74 Å². The Balaban J connectivity index is 1.86. The Morgan fingerprint density at radius 3 is 3.18 bits per heavy atom. The molecule has 0 saturated carbocycles. The van der Waals surface area contributed by atoms with E-state index in [1.165, 1.54) is 27.3 Å². The molecule has 0 bridgehead atoms. The van der Waals surface area contributed by atoms with E-state index in [9.17, 15) is 0 Å². The molecule has 1 saturated heterocycles. The van der Waals surface area contributed by atoms with E-state index in [0.717, 1.165) is 19.6 Å². The number of hydrogen-bond acceptors (Lipinski definition) is 2. The predicted octanol–water partition coefficient (Wildman–Crippen LogP) is 3.21. The first-order valence-corrected chi connectivity index (χ1v) is 7.13. The third-order valence-corrected chi connectivity index (χ3v) is 3.93. The van der Waals surface area contributed by atoms with Crippen LogP contribution in [0, 0.1) is 3.57 Å². The zero-order valence-corrected chi connectivity index (χ0v) is 11.8. The van der Waals surface area contributed by atoms with Gasteiger partial charge in [0.15, 0.2) is 0 Å². The minimum absolute atomic E-state index is 0.338. The Hall–Kier alpha value is -0.620. The van der Waals surface area contributed by atoms with Gasteiger partial charge in [-0.15, -0.1) is 0 Å². The average molecular weight is 342 g/mol. The molecule has 1 atom stereocenters. The number of rotatable bonds is 2. The van der Waals surface area contributed by atoms with Crippen molar-refractivity contribution in [3.63, 3.8) is 0 Å². The maximum absolute atomic E-state index is 5.77. The second kappa shape index (κ2) is 4.94. The Labute approximate surface area is 114 Å². The van der Waals surface area contributed by atoms with Crippen LogP contribution in [0.3, 0.4) is 0 Å². The normalized spacial score (nSPS) is 20.9. The van der Waals surface area contributed by atoms with Crippen molar-refractivity contribution in [3.05, 3.63) is 28.0 Å². The highest BCUT2D eigenvalue weighted by Crippen LogP contribution is 2.20. The molecule has 1 aromatic heterocycles. The maximum Gasteiger partial charge on any atom is 0.0771 e. The van der Waals surface area contributed by atoms with E-state index in [0.29, 0.717) is 6.10 Å². The average Bonchev–Trinajstić information content (AvgIpc) is 2.73. The van der Waals surface area contributed by atoms with E-state index in [2.05, 4.69) is 50.6 Å². The monoisotopic (exact) mass is 342 g/mol. The lowest BCUT2D eigenvalue weighted by molar-refractivity contribution is 0.00474. The van der Waals surface area contributed by atoms with Crippen LogP contribution in [0.2, 0.25) is 0 Å². The molecule has 17 heavy (non-hydrogen) atoms. The Bertz CT molecular complexity index is 517. The molecule has 90 valence electrons. The van der Waals surface area contributed by atoms with Crippen LogP contribution < -0.4 is 0 Å². The first kappa shape index (κ1) is 11.5. The molecule has 4 heteroatoms. The van der Waals surface area contributed by atoms with Crippen LogP contribution >= 0.6 is 22.6 Å². The number of nitrogens with zero attached hydrogens (tertiary/aromatic N) is 2. The van der Waals surface area contributed by atoms with E-state index in [1.54, 1.807) is 0 Å². The molecule has 0 aliphatic carbocycles. The summed E-state index contributed by atoms with van der Waals surface area (Å²) in [5, 5.41) is 5.67. The highest BCUT2D eigenvalue weighted by molar-refractivity contribution is 14.1. The van der Waals surface area contributed by atoms with Gasteiger partial charge in [-0.1, -0.05) is 6.07 Å². The van der Waals surface area contributed by atoms with Gasteiger partial charge < -0.3 is 4.74 Å². The fraction of sp³-hybridized carbons (Fsp3) is 0.462. The molecule has 2 aromatic rings. The molecule has 1 aromatic carbocycles. The summed E-state index contributed by atoms with van der Waals surface area (Å²) in [5.41, 5.74) is 1.21. The summed E-state index contributed by atoms with van der Waals surface area (Å²) in [7, 11) is 0. The molecule has 1 aliphatic heterocycles. The number of aromatic nitrogens is 2. The number of benzene rings is 1. The SMILES string of the molecule is Ic1ccc2cnn(CC3CCCCO3)c2c1. The summed E-state index contributed by atoms with van der Waals surface area (Å²) in [6.07, 6.45) is 5.92. The summed E-state index contributed by atoms with van der Waals surface area (Å²) in [5.74, 6) is 0. The molecule has 3 nitrogen and oxygen atoms in total. The first-order valence-electron chi connectivity index (χ1n) is 6.05. The summed E-state index contributed by atoms with van der Waals surface area (Å²) in [6.45, 7) is 1.78. The molecule has 3 rings (SSSR count). The fourth-order valence-electron chi connectivity index (χ4n) is 2.33. The predicted molar refractivity (Wildman–Crippen MR) is 76.0 cm³/mol. The van der Waals surface area contributed by atoms with Gasteiger partial charge in [-0.3, -0.25) is 4.68 Å². The van der Waals surface area contributed by atoms with Gasteiger partial charge in [-0.05, 0) is 54.0 Å². The highest BCUT2D eigenvalue weighted by atomic mass is 127. The Kier molecular flexibility index (Phi) is 3.33. The van der Waals surface area contributed by atoms with E-state index < -0.39 is 0 Å². The van der Waals surface area contributed by atoms with E-state index in [4.69, 9.17) is 4.74 Å². The third kappa shape index (κ3) is 2.47. The second-order valence-corrected chi connectivity index (χ2v) is 5.76. The van der Waals surface area contributed by atoms with Gasteiger partial charge in [-0.25, -0.2) is 0 Å². The zero-order valence-electron chi connectivity index (χ0n) is 9.60. The lowest BCUT2D eigenvalue weighted by Crippen LogP contribution is -2.24. The Morgan fingerprint density at radius 1 is 1.41 bits per heavy atom. The van der Waals surface area contributed by atoms with Crippen molar-refractivity contribution in [2.75, 3.05) is 6.61 Å². The molecule has 1 unspecified atom stereocenters. The topological polar surface area (TPSA) is 27.1 Å². The quantitative estimate of drug-likeness (QED) is 0.784. The maximum atomic E-state index is 5.77. The van der Waals surface area contributed by atoms with Gasteiger partial charge in [0.25, 0.3) is 0 Å². The molecule has 0 radical (unpaired) electrons. The van der Waals surface area contributed by atoms with Crippen molar-refractivity contribution >= 4 is 33.5 Å². The molecular formula is C13H15IN2O. The minimum Gasteiger partial charge on any atom is -0.376 e. The minimum atomic E-state index is 0.338. The van der Waals surface area contributed by atoms with Crippen LogP contribution in [0.25, 0.3) is 10.9 Å². The number of fused-ring (bicyclic) bond motifs is 1. The molecular weight excluding hydrogens is 327 g/mol. The van der Waals surface area contributed by atoms with Gasteiger partial charge in [0.05, 0.1) is 24.4 Å². The van der Waals surface area contributed by atoms with Crippen molar-refractivity contribution in [1.82, 2.24) is 9.78 Å².